The first-order valence-electron chi connectivity index (χ1n) is 6.51. The molecule has 1 heterocycles. The molecule has 17 heavy (non-hydrogen) atoms. The normalized spacial score (nSPS) is 20.6. The minimum absolute atomic E-state index is 0.613. The number of halogens is 1. The first kappa shape index (κ1) is 12.9. The van der Waals surface area contributed by atoms with E-state index in [9.17, 15) is 0 Å². The molecule has 2 rings (SSSR count). The van der Waals surface area contributed by atoms with Crippen LogP contribution in [-0.4, -0.2) is 12.6 Å². The molecule has 94 valence electrons. The lowest BCUT2D eigenvalue weighted by atomic mass is 9.98. The van der Waals surface area contributed by atoms with Gasteiger partial charge in [0, 0.05) is 29.3 Å². The fourth-order valence-electron chi connectivity index (χ4n) is 2.74. The van der Waals surface area contributed by atoms with Crippen molar-refractivity contribution < 1.29 is 0 Å². The first-order valence-corrected chi connectivity index (χ1v) is 7.30. The van der Waals surface area contributed by atoms with Crippen molar-refractivity contribution in [1.29, 1.82) is 0 Å². The van der Waals surface area contributed by atoms with Crippen LogP contribution in [-0.2, 0) is 6.54 Å². The molecule has 0 amide bonds. The van der Waals surface area contributed by atoms with Crippen LogP contribution in [0.4, 0.5) is 5.69 Å². The molecule has 0 aromatic heterocycles. The van der Waals surface area contributed by atoms with Crippen LogP contribution in [0.5, 0.6) is 0 Å². The molecule has 1 aromatic rings. The smallest absolute Gasteiger partial charge is 0.0415 e. The number of piperidine rings is 1. The third-order valence-electron chi connectivity index (χ3n) is 3.67. The lowest BCUT2D eigenvalue weighted by Gasteiger charge is -2.38. The van der Waals surface area contributed by atoms with E-state index in [-0.39, 0.29) is 0 Å². The van der Waals surface area contributed by atoms with E-state index in [0.29, 0.717) is 12.6 Å². The Bertz CT molecular complexity index is 378. The number of benzene rings is 1. The highest BCUT2D eigenvalue weighted by molar-refractivity contribution is 9.10. The molecular weight excluding hydrogens is 276 g/mol. The quantitative estimate of drug-likeness (QED) is 0.922. The second-order valence-corrected chi connectivity index (χ2v) is 5.64. The third-order valence-corrected chi connectivity index (χ3v) is 4.16. The van der Waals surface area contributed by atoms with E-state index in [1.165, 1.54) is 43.5 Å². The van der Waals surface area contributed by atoms with Gasteiger partial charge in [-0.15, -0.1) is 0 Å². The molecular formula is C14H21BrN2. The SMILES string of the molecule is CCC1CCCCN1c1ccc(Br)cc1CN. The van der Waals surface area contributed by atoms with E-state index in [1.54, 1.807) is 0 Å². The summed E-state index contributed by atoms with van der Waals surface area (Å²) in [6, 6.07) is 7.17. The average Bonchev–Trinajstić information content (AvgIpc) is 2.38. The molecule has 1 aromatic carbocycles. The fraction of sp³-hybridized carbons (Fsp3) is 0.571. The summed E-state index contributed by atoms with van der Waals surface area (Å²) in [6.07, 6.45) is 5.21. The maximum absolute atomic E-state index is 5.87. The molecule has 1 unspecified atom stereocenters. The Morgan fingerprint density at radius 1 is 1.41 bits per heavy atom. The maximum Gasteiger partial charge on any atom is 0.0415 e. The van der Waals surface area contributed by atoms with Crippen LogP contribution in [0.1, 0.15) is 38.2 Å². The zero-order valence-electron chi connectivity index (χ0n) is 10.5. The van der Waals surface area contributed by atoms with Gasteiger partial charge < -0.3 is 10.6 Å². The number of hydrogen-bond donors (Lipinski definition) is 1. The molecule has 1 atom stereocenters. The lowest BCUT2D eigenvalue weighted by molar-refractivity contribution is 0.449. The van der Waals surface area contributed by atoms with E-state index in [0.717, 1.165) is 4.47 Å². The Labute approximate surface area is 112 Å². The highest BCUT2D eigenvalue weighted by Gasteiger charge is 2.22. The number of nitrogens with two attached hydrogens (primary N) is 1. The van der Waals surface area contributed by atoms with Gasteiger partial charge in [-0.25, -0.2) is 0 Å². The standard InChI is InChI=1S/C14H21BrN2/c1-2-13-5-3-4-8-17(13)14-7-6-12(15)9-11(14)10-16/h6-7,9,13H,2-5,8,10,16H2,1H3. The summed E-state index contributed by atoms with van der Waals surface area (Å²) in [5, 5.41) is 0. The molecule has 1 aliphatic rings. The van der Waals surface area contributed by atoms with E-state index in [4.69, 9.17) is 5.73 Å². The van der Waals surface area contributed by atoms with Gasteiger partial charge in [0.2, 0.25) is 0 Å². The molecule has 1 aliphatic heterocycles. The van der Waals surface area contributed by atoms with Gasteiger partial charge in [-0.05, 0) is 49.4 Å². The Morgan fingerprint density at radius 2 is 2.24 bits per heavy atom. The average molecular weight is 297 g/mol. The van der Waals surface area contributed by atoms with Crippen molar-refractivity contribution in [1.82, 2.24) is 0 Å². The van der Waals surface area contributed by atoms with Gasteiger partial charge in [0.25, 0.3) is 0 Å². The van der Waals surface area contributed by atoms with Gasteiger partial charge in [0.05, 0.1) is 0 Å². The molecule has 0 radical (unpaired) electrons. The summed E-state index contributed by atoms with van der Waals surface area (Å²) in [5.41, 5.74) is 8.45. The van der Waals surface area contributed by atoms with Crippen LogP contribution < -0.4 is 10.6 Å². The maximum atomic E-state index is 5.87. The third kappa shape index (κ3) is 2.83. The number of rotatable bonds is 3. The van der Waals surface area contributed by atoms with Gasteiger partial charge in [0.15, 0.2) is 0 Å². The Kier molecular flexibility index (Phi) is 4.46. The summed E-state index contributed by atoms with van der Waals surface area (Å²) in [7, 11) is 0. The van der Waals surface area contributed by atoms with Gasteiger partial charge in [-0.3, -0.25) is 0 Å². The monoisotopic (exact) mass is 296 g/mol. The van der Waals surface area contributed by atoms with Crippen LogP contribution in [0.25, 0.3) is 0 Å². The van der Waals surface area contributed by atoms with Crippen molar-refractivity contribution in [2.75, 3.05) is 11.4 Å². The number of anilines is 1. The molecule has 2 N–H and O–H groups in total. The van der Waals surface area contributed by atoms with Crippen LogP contribution in [0, 0.1) is 0 Å². The van der Waals surface area contributed by atoms with Gasteiger partial charge >= 0.3 is 0 Å². The molecule has 1 fully saturated rings. The zero-order valence-corrected chi connectivity index (χ0v) is 12.0. The predicted octanol–water partition coefficient (Wildman–Crippen LogP) is 3.68. The molecule has 0 aliphatic carbocycles. The molecule has 3 heteroatoms. The van der Waals surface area contributed by atoms with Crippen LogP contribution >= 0.6 is 15.9 Å². The summed E-state index contributed by atoms with van der Waals surface area (Å²) in [5.74, 6) is 0. The van der Waals surface area contributed by atoms with E-state index >= 15 is 0 Å². The van der Waals surface area contributed by atoms with E-state index < -0.39 is 0 Å². The Morgan fingerprint density at radius 3 is 2.94 bits per heavy atom. The summed E-state index contributed by atoms with van der Waals surface area (Å²) in [6.45, 7) is 4.07. The van der Waals surface area contributed by atoms with Gasteiger partial charge in [-0.1, -0.05) is 22.9 Å². The summed E-state index contributed by atoms with van der Waals surface area (Å²) < 4.78 is 1.12. The molecule has 0 spiro atoms. The highest BCUT2D eigenvalue weighted by Crippen LogP contribution is 2.30. The van der Waals surface area contributed by atoms with E-state index in [1.807, 2.05) is 0 Å². The topological polar surface area (TPSA) is 29.3 Å². The number of nitrogens with zero attached hydrogens (tertiary/aromatic N) is 1. The van der Waals surface area contributed by atoms with Crippen LogP contribution in [0.2, 0.25) is 0 Å². The van der Waals surface area contributed by atoms with Gasteiger partial charge in [-0.2, -0.15) is 0 Å². The molecule has 0 saturated carbocycles. The van der Waals surface area contributed by atoms with Crippen molar-refractivity contribution in [3.8, 4) is 0 Å². The van der Waals surface area contributed by atoms with Crippen molar-refractivity contribution >= 4 is 21.6 Å². The molecule has 2 nitrogen and oxygen atoms in total. The van der Waals surface area contributed by atoms with Crippen molar-refractivity contribution in [2.45, 2.75) is 45.2 Å². The summed E-state index contributed by atoms with van der Waals surface area (Å²) >= 11 is 3.52. The lowest BCUT2D eigenvalue weighted by Crippen LogP contribution is -2.39. The minimum Gasteiger partial charge on any atom is -0.368 e. The second kappa shape index (κ2) is 5.87. The largest absolute Gasteiger partial charge is 0.368 e. The molecule has 1 saturated heterocycles. The van der Waals surface area contributed by atoms with Crippen molar-refractivity contribution in [3.05, 3.63) is 28.2 Å². The number of hydrogen-bond acceptors (Lipinski definition) is 2. The predicted molar refractivity (Wildman–Crippen MR) is 77.3 cm³/mol. The highest BCUT2D eigenvalue weighted by atomic mass is 79.9. The summed E-state index contributed by atoms with van der Waals surface area (Å²) in [4.78, 5) is 2.55. The Balaban J connectivity index is 2.30. The van der Waals surface area contributed by atoms with Gasteiger partial charge in [0.1, 0.15) is 0 Å². The van der Waals surface area contributed by atoms with Crippen molar-refractivity contribution in [3.63, 3.8) is 0 Å². The zero-order chi connectivity index (χ0) is 12.3. The van der Waals surface area contributed by atoms with E-state index in [2.05, 4.69) is 46.0 Å². The molecule has 0 bridgehead atoms. The fourth-order valence-corrected chi connectivity index (χ4v) is 3.15. The van der Waals surface area contributed by atoms with Crippen molar-refractivity contribution in [2.24, 2.45) is 5.73 Å². The minimum atomic E-state index is 0.613. The second-order valence-electron chi connectivity index (χ2n) is 4.73. The van der Waals surface area contributed by atoms with Crippen LogP contribution in [0.3, 0.4) is 0 Å². The Hall–Kier alpha value is -0.540. The van der Waals surface area contributed by atoms with Crippen LogP contribution in [0.15, 0.2) is 22.7 Å². The first-order chi connectivity index (χ1) is 8.26.